The molecule has 1 saturated heterocycles. The standard InChI is InChI=1S/C17H17F2N3O4S2/c18-12-6-5-11(9-13(12)19)21-15(23)10-20-17(24)14-3-1-7-22(14)28(25,26)16-4-2-8-27-16/h2,4-6,8-9,14H,1,3,7,10H2,(H,20,24)(H,21,23). The smallest absolute Gasteiger partial charge is 0.253 e. The van der Waals surface area contributed by atoms with E-state index in [0.29, 0.717) is 12.8 Å². The van der Waals surface area contributed by atoms with Gasteiger partial charge in [0.2, 0.25) is 11.8 Å². The highest BCUT2D eigenvalue weighted by Crippen LogP contribution is 2.28. The predicted molar refractivity (Wildman–Crippen MR) is 99.2 cm³/mol. The number of nitrogens with one attached hydrogen (secondary N) is 2. The van der Waals surface area contributed by atoms with Crippen LogP contribution in [0.1, 0.15) is 12.8 Å². The lowest BCUT2D eigenvalue weighted by molar-refractivity contribution is -0.126. The number of rotatable bonds is 6. The van der Waals surface area contributed by atoms with Gasteiger partial charge in [0.05, 0.1) is 6.54 Å². The second-order valence-electron chi connectivity index (χ2n) is 6.10. The van der Waals surface area contributed by atoms with Crippen LogP contribution in [0.3, 0.4) is 0 Å². The van der Waals surface area contributed by atoms with E-state index in [9.17, 15) is 26.8 Å². The van der Waals surface area contributed by atoms with E-state index in [1.807, 2.05) is 0 Å². The van der Waals surface area contributed by atoms with Crippen molar-refractivity contribution in [2.75, 3.05) is 18.4 Å². The summed E-state index contributed by atoms with van der Waals surface area (Å²) >= 11 is 1.07. The van der Waals surface area contributed by atoms with Crippen molar-refractivity contribution in [2.45, 2.75) is 23.1 Å². The first-order valence-corrected chi connectivity index (χ1v) is 10.7. The van der Waals surface area contributed by atoms with E-state index in [1.165, 1.54) is 12.1 Å². The van der Waals surface area contributed by atoms with Gasteiger partial charge >= 0.3 is 0 Å². The maximum absolute atomic E-state index is 13.2. The van der Waals surface area contributed by atoms with Gasteiger partial charge in [0.25, 0.3) is 10.0 Å². The zero-order chi connectivity index (χ0) is 20.3. The number of carbonyl (C=O) groups is 2. The van der Waals surface area contributed by atoms with E-state index in [-0.39, 0.29) is 16.4 Å². The summed E-state index contributed by atoms with van der Waals surface area (Å²) in [6, 6.07) is 5.07. The summed E-state index contributed by atoms with van der Waals surface area (Å²) in [6.07, 6.45) is 0.880. The maximum atomic E-state index is 13.2. The Hall–Kier alpha value is -2.37. The third-order valence-electron chi connectivity index (χ3n) is 4.19. The van der Waals surface area contributed by atoms with Crippen molar-refractivity contribution < 1.29 is 26.8 Å². The van der Waals surface area contributed by atoms with Crippen LogP contribution in [0.15, 0.2) is 39.9 Å². The van der Waals surface area contributed by atoms with Crippen molar-refractivity contribution in [1.82, 2.24) is 9.62 Å². The van der Waals surface area contributed by atoms with Crippen LogP contribution in [0.2, 0.25) is 0 Å². The Morgan fingerprint density at radius 2 is 2.00 bits per heavy atom. The number of anilines is 1. The lowest BCUT2D eigenvalue weighted by Crippen LogP contribution is -2.47. The first-order chi connectivity index (χ1) is 13.3. The molecule has 3 rings (SSSR count). The van der Waals surface area contributed by atoms with Crippen molar-refractivity contribution in [3.63, 3.8) is 0 Å². The molecule has 1 aromatic carbocycles. The first kappa shape index (κ1) is 20.4. The predicted octanol–water partition coefficient (Wildman–Crippen LogP) is 1.93. The van der Waals surface area contributed by atoms with Gasteiger partial charge in [0, 0.05) is 18.3 Å². The van der Waals surface area contributed by atoms with Crippen LogP contribution < -0.4 is 10.6 Å². The number of sulfonamides is 1. The van der Waals surface area contributed by atoms with Gasteiger partial charge in [0.1, 0.15) is 10.3 Å². The first-order valence-electron chi connectivity index (χ1n) is 8.37. The molecule has 1 fully saturated rings. The van der Waals surface area contributed by atoms with Crippen molar-refractivity contribution in [3.05, 3.63) is 47.3 Å². The van der Waals surface area contributed by atoms with Crippen LogP contribution in [0.25, 0.3) is 0 Å². The summed E-state index contributed by atoms with van der Waals surface area (Å²) in [6.45, 7) is -0.208. The minimum atomic E-state index is -3.77. The fraction of sp³-hybridized carbons (Fsp3) is 0.294. The van der Waals surface area contributed by atoms with Gasteiger partial charge in [-0.15, -0.1) is 11.3 Å². The fourth-order valence-corrected chi connectivity index (χ4v) is 5.66. The normalized spacial score (nSPS) is 17.4. The molecule has 2 N–H and O–H groups in total. The molecule has 150 valence electrons. The minimum Gasteiger partial charge on any atom is -0.346 e. The van der Waals surface area contributed by atoms with Crippen LogP contribution in [0.4, 0.5) is 14.5 Å². The molecule has 1 aromatic heterocycles. The molecule has 2 aromatic rings. The molecular weight excluding hydrogens is 412 g/mol. The highest BCUT2D eigenvalue weighted by atomic mass is 32.2. The maximum Gasteiger partial charge on any atom is 0.253 e. The topological polar surface area (TPSA) is 95.6 Å². The Balaban J connectivity index is 1.59. The summed E-state index contributed by atoms with van der Waals surface area (Å²) in [4.78, 5) is 24.3. The molecule has 0 radical (unpaired) electrons. The van der Waals surface area contributed by atoms with Gasteiger partial charge in [0.15, 0.2) is 11.6 Å². The number of nitrogens with zero attached hydrogens (tertiary/aromatic N) is 1. The fourth-order valence-electron chi connectivity index (χ4n) is 2.88. The van der Waals surface area contributed by atoms with Gasteiger partial charge in [-0.25, -0.2) is 17.2 Å². The number of thiophene rings is 1. The third kappa shape index (κ3) is 4.37. The van der Waals surface area contributed by atoms with Crippen LogP contribution in [-0.2, 0) is 19.6 Å². The monoisotopic (exact) mass is 429 g/mol. The number of halogens is 2. The van der Waals surface area contributed by atoms with E-state index >= 15 is 0 Å². The Kier molecular flexibility index (Phi) is 6.06. The molecular formula is C17H17F2N3O4S2. The molecule has 1 unspecified atom stereocenters. The van der Waals surface area contributed by atoms with Crippen LogP contribution >= 0.6 is 11.3 Å². The Bertz CT molecular complexity index is 980. The quantitative estimate of drug-likeness (QED) is 0.734. The second kappa shape index (κ2) is 8.33. The van der Waals surface area contributed by atoms with E-state index in [1.54, 1.807) is 11.4 Å². The molecule has 0 spiro atoms. The Morgan fingerprint density at radius 3 is 2.68 bits per heavy atom. The molecule has 7 nitrogen and oxygen atoms in total. The van der Waals surface area contributed by atoms with Gasteiger partial charge in [-0.3, -0.25) is 9.59 Å². The summed E-state index contributed by atoms with van der Waals surface area (Å²) in [5.74, 6) is -3.38. The Labute approximate surface area is 164 Å². The number of amides is 2. The zero-order valence-electron chi connectivity index (χ0n) is 14.5. The molecule has 1 aliphatic heterocycles. The van der Waals surface area contributed by atoms with E-state index in [2.05, 4.69) is 10.6 Å². The largest absolute Gasteiger partial charge is 0.346 e. The van der Waals surface area contributed by atoms with Gasteiger partial charge < -0.3 is 10.6 Å². The molecule has 0 saturated carbocycles. The Morgan fingerprint density at radius 1 is 1.21 bits per heavy atom. The average molecular weight is 429 g/mol. The summed E-state index contributed by atoms with van der Waals surface area (Å²) in [5, 5.41) is 6.37. The minimum absolute atomic E-state index is 0.0425. The number of hydrogen-bond donors (Lipinski definition) is 2. The van der Waals surface area contributed by atoms with Gasteiger partial charge in [-0.1, -0.05) is 6.07 Å². The zero-order valence-corrected chi connectivity index (χ0v) is 16.2. The van der Waals surface area contributed by atoms with Gasteiger partial charge in [-0.05, 0) is 36.4 Å². The number of benzene rings is 1. The second-order valence-corrected chi connectivity index (χ2v) is 9.17. The molecule has 0 aliphatic carbocycles. The van der Waals surface area contributed by atoms with Crippen molar-refractivity contribution in [3.8, 4) is 0 Å². The lowest BCUT2D eigenvalue weighted by atomic mass is 10.2. The average Bonchev–Trinajstić information content (AvgIpc) is 3.35. The third-order valence-corrected chi connectivity index (χ3v) is 7.47. The molecule has 2 amide bonds. The molecule has 28 heavy (non-hydrogen) atoms. The van der Waals surface area contributed by atoms with E-state index in [0.717, 1.165) is 27.8 Å². The highest BCUT2D eigenvalue weighted by Gasteiger charge is 2.39. The van der Waals surface area contributed by atoms with Crippen LogP contribution in [-0.4, -0.2) is 43.7 Å². The van der Waals surface area contributed by atoms with Crippen LogP contribution in [0, 0.1) is 11.6 Å². The number of hydrogen-bond acceptors (Lipinski definition) is 5. The summed E-state index contributed by atoms with van der Waals surface area (Å²) in [5.41, 5.74) is 0.0425. The van der Waals surface area contributed by atoms with Gasteiger partial charge in [-0.2, -0.15) is 4.31 Å². The lowest BCUT2D eigenvalue weighted by Gasteiger charge is -2.22. The molecule has 11 heteroatoms. The molecule has 1 aliphatic rings. The number of carbonyl (C=O) groups excluding carboxylic acids is 2. The molecule has 2 heterocycles. The summed E-state index contributed by atoms with van der Waals surface area (Å²) < 4.78 is 52.7. The van der Waals surface area contributed by atoms with E-state index in [4.69, 9.17) is 0 Å². The van der Waals surface area contributed by atoms with Crippen LogP contribution in [0.5, 0.6) is 0 Å². The van der Waals surface area contributed by atoms with Crippen molar-refractivity contribution >= 4 is 38.9 Å². The van der Waals surface area contributed by atoms with Crippen molar-refractivity contribution in [1.29, 1.82) is 0 Å². The van der Waals surface area contributed by atoms with Crippen molar-refractivity contribution in [2.24, 2.45) is 0 Å². The molecule has 0 bridgehead atoms. The highest BCUT2D eigenvalue weighted by molar-refractivity contribution is 7.91. The molecule has 1 atom stereocenters. The summed E-state index contributed by atoms with van der Waals surface area (Å²) in [7, 11) is -3.77. The SMILES string of the molecule is O=C(CNC(=O)C1CCCN1S(=O)(=O)c1cccs1)Nc1ccc(F)c(F)c1. The van der Waals surface area contributed by atoms with E-state index < -0.39 is 46.1 Å².